The molecule has 0 saturated carbocycles. The molecule has 16 heavy (non-hydrogen) atoms. The standard InChI is InChI=1S/C13H18FNO/c14-12-6-1-2-7-13(12)16-10-8-11-5-3-4-9-15-11/h1-2,6-7,11,15H,3-5,8-10H2/t11-/m1/s1. The zero-order chi connectivity index (χ0) is 11.2. The minimum Gasteiger partial charge on any atom is -0.490 e. The van der Waals surface area contributed by atoms with Gasteiger partial charge in [0.1, 0.15) is 0 Å². The van der Waals surface area contributed by atoms with Gasteiger partial charge in [0, 0.05) is 6.04 Å². The SMILES string of the molecule is Fc1ccccc1OCC[C@H]1CCCCN1. The van der Waals surface area contributed by atoms with Crippen LogP contribution in [0, 0.1) is 5.82 Å². The van der Waals surface area contributed by atoms with Crippen molar-refractivity contribution >= 4 is 0 Å². The van der Waals surface area contributed by atoms with Crippen molar-refractivity contribution in [1.29, 1.82) is 0 Å². The Balaban J connectivity index is 1.73. The van der Waals surface area contributed by atoms with Gasteiger partial charge in [0.2, 0.25) is 0 Å². The molecule has 2 nitrogen and oxygen atoms in total. The summed E-state index contributed by atoms with van der Waals surface area (Å²) in [5, 5.41) is 3.45. The molecule has 2 rings (SSSR count). The van der Waals surface area contributed by atoms with E-state index in [0.717, 1.165) is 13.0 Å². The molecular formula is C13H18FNO. The maximum absolute atomic E-state index is 13.2. The largest absolute Gasteiger partial charge is 0.490 e. The first kappa shape index (κ1) is 11.4. The molecule has 1 atom stereocenters. The minimum atomic E-state index is -0.279. The van der Waals surface area contributed by atoms with Crippen LogP contribution >= 0.6 is 0 Å². The Kier molecular flexibility index (Phi) is 4.17. The van der Waals surface area contributed by atoms with Gasteiger partial charge in [-0.3, -0.25) is 0 Å². The molecule has 0 aromatic heterocycles. The maximum atomic E-state index is 13.2. The molecule has 0 amide bonds. The Labute approximate surface area is 95.8 Å². The summed E-state index contributed by atoms with van der Waals surface area (Å²) >= 11 is 0. The molecule has 0 aliphatic carbocycles. The third-order valence-corrected chi connectivity index (χ3v) is 2.97. The Hall–Kier alpha value is -1.09. The van der Waals surface area contributed by atoms with Crippen LogP contribution in [-0.2, 0) is 0 Å². The summed E-state index contributed by atoms with van der Waals surface area (Å²) in [5.41, 5.74) is 0. The van der Waals surface area contributed by atoms with E-state index in [1.807, 2.05) is 0 Å². The molecule has 0 unspecified atom stereocenters. The number of hydrogen-bond acceptors (Lipinski definition) is 2. The first-order valence-corrected chi connectivity index (χ1v) is 5.97. The first-order chi connectivity index (χ1) is 7.86. The fourth-order valence-electron chi connectivity index (χ4n) is 2.04. The van der Waals surface area contributed by atoms with E-state index in [-0.39, 0.29) is 5.82 Å². The molecular weight excluding hydrogens is 205 g/mol. The number of hydrogen-bond donors (Lipinski definition) is 1. The van der Waals surface area contributed by atoms with Crippen LogP contribution in [0.1, 0.15) is 25.7 Å². The predicted octanol–water partition coefficient (Wildman–Crippen LogP) is 2.74. The van der Waals surface area contributed by atoms with Gasteiger partial charge in [0.25, 0.3) is 0 Å². The smallest absolute Gasteiger partial charge is 0.165 e. The normalized spacial score (nSPS) is 20.7. The molecule has 0 radical (unpaired) electrons. The van der Waals surface area contributed by atoms with E-state index in [0.29, 0.717) is 18.4 Å². The van der Waals surface area contributed by atoms with Crippen LogP contribution in [0.4, 0.5) is 4.39 Å². The first-order valence-electron chi connectivity index (χ1n) is 5.97. The summed E-state index contributed by atoms with van der Waals surface area (Å²) in [6.45, 7) is 1.68. The molecule has 1 heterocycles. The zero-order valence-corrected chi connectivity index (χ0v) is 9.42. The second kappa shape index (κ2) is 5.85. The van der Waals surface area contributed by atoms with Crippen LogP contribution in [0.15, 0.2) is 24.3 Å². The van der Waals surface area contributed by atoms with E-state index >= 15 is 0 Å². The molecule has 1 N–H and O–H groups in total. The number of para-hydroxylation sites is 1. The lowest BCUT2D eigenvalue weighted by Crippen LogP contribution is -2.35. The van der Waals surface area contributed by atoms with Crippen molar-refractivity contribution in [2.75, 3.05) is 13.2 Å². The highest BCUT2D eigenvalue weighted by Crippen LogP contribution is 2.16. The van der Waals surface area contributed by atoms with Gasteiger partial charge in [-0.2, -0.15) is 0 Å². The van der Waals surface area contributed by atoms with Crippen LogP contribution in [0.5, 0.6) is 5.75 Å². The topological polar surface area (TPSA) is 21.3 Å². The van der Waals surface area contributed by atoms with Gasteiger partial charge in [0.15, 0.2) is 11.6 Å². The predicted molar refractivity (Wildman–Crippen MR) is 62.2 cm³/mol. The van der Waals surface area contributed by atoms with Gasteiger partial charge < -0.3 is 10.1 Å². The summed E-state index contributed by atoms with van der Waals surface area (Å²) in [6, 6.07) is 7.10. The Morgan fingerprint density at radius 1 is 1.31 bits per heavy atom. The highest BCUT2D eigenvalue weighted by Gasteiger charge is 2.12. The average Bonchev–Trinajstić information content (AvgIpc) is 2.33. The van der Waals surface area contributed by atoms with Crippen molar-refractivity contribution in [1.82, 2.24) is 5.32 Å². The molecule has 1 fully saturated rings. The lowest BCUT2D eigenvalue weighted by molar-refractivity contribution is 0.259. The van der Waals surface area contributed by atoms with E-state index < -0.39 is 0 Å². The summed E-state index contributed by atoms with van der Waals surface area (Å²) in [6.07, 6.45) is 4.72. The summed E-state index contributed by atoms with van der Waals surface area (Å²) in [5.74, 6) is 0.0809. The maximum Gasteiger partial charge on any atom is 0.165 e. The summed E-state index contributed by atoms with van der Waals surface area (Å²) in [4.78, 5) is 0. The van der Waals surface area contributed by atoms with Gasteiger partial charge >= 0.3 is 0 Å². The van der Waals surface area contributed by atoms with Crippen molar-refractivity contribution in [3.63, 3.8) is 0 Å². The van der Waals surface area contributed by atoms with Crippen molar-refractivity contribution < 1.29 is 9.13 Å². The number of ether oxygens (including phenoxy) is 1. The average molecular weight is 223 g/mol. The van der Waals surface area contributed by atoms with Crippen LogP contribution in [0.2, 0.25) is 0 Å². The summed E-state index contributed by atoms with van der Waals surface area (Å²) in [7, 11) is 0. The monoisotopic (exact) mass is 223 g/mol. The van der Waals surface area contributed by atoms with Crippen LogP contribution in [0.3, 0.4) is 0 Å². The van der Waals surface area contributed by atoms with Gasteiger partial charge in [0.05, 0.1) is 6.61 Å². The lowest BCUT2D eigenvalue weighted by Gasteiger charge is -2.23. The van der Waals surface area contributed by atoms with Crippen LogP contribution < -0.4 is 10.1 Å². The molecule has 1 saturated heterocycles. The summed E-state index contributed by atoms with van der Waals surface area (Å²) < 4.78 is 18.6. The van der Waals surface area contributed by atoms with Crippen LogP contribution in [-0.4, -0.2) is 19.2 Å². The molecule has 0 bridgehead atoms. The van der Waals surface area contributed by atoms with Crippen molar-refractivity contribution in [3.05, 3.63) is 30.1 Å². The zero-order valence-electron chi connectivity index (χ0n) is 9.42. The third-order valence-electron chi connectivity index (χ3n) is 2.97. The Bertz CT molecular complexity index is 323. The molecule has 1 aromatic carbocycles. The third kappa shape index (κ3) is 3.20. The highest BCUT2D eigenvalue weighted by molar-refractivity contribution is 5.23. The molecule has 88 valence electrons. The number of piperidine rings is 1. The molecule has 1 aliphatic rings. The van der Waals surface area contributed by atoms with Crippen molar-refractivity contribution in [2.24, 2.45) is 0 Å². The van der Waals surface area contributed by atoms with E-state index in [1.54, 1.807) is 18.2 Å². The highest BCUT2D eigenvalue weighted by atomic mass is 19.1. The Morgan fingerprint density at radius 3 is 2.94 bits per heavy atom. The number of rotatable bonds is 4. The second-order valence-corrected chi connectivity index (χ2v) is 4.21. The molecule has 3 heteroatoms. The van der Waals surface area contributed by atoms with Crippen molar-refractivity contribution in [3.8, 4) is 5.75 Å². The van der Waals surface area contributed by atoms with Crippen LogP contribution in [0.25, 0.3) is 0 Å². The molecule has 1 aromatic rings. The lowest BCUT2D eigenvalue weighted by atomic mass is 10.0. The van der Waals surface area contributed by atoms with E-state index in [4.69, 9.17) is 4.74 Å². The number of halogens is 1. The Morgan fingerprint density at radius 2 is 2.19 bits per heavy atom. The molecule has 1 aliphatic heterocycles. The number of nitrogens with one attached hydrogen (secondary N) is 1. The number of benzene rings is 1. The second-order valence-electron chi connectivity index (χ2n) is 4.21. The minimum absolute atomic E-state index is 0.279. The molecule has 0 spiro atoms. The fraction of sp³-hybridized carbons (Fsp3) is 0.538. The van der Waals surface area contributed by atoms with Gasteiger partial charge in [-0.25, -0.2) is 4.39 Å². The van der Waals surface area contributed by atoms with Gasteiger partial charge in [-0.05, 0) is 37.9 Å². The van der Waals surface area contributed by atoms with Gasteiger partial charge in [-0.1, -0.05) is 18.6 Å². The van der Waals surface area contributed by atoms with E-state index in [2.05, 4.69) is 5.32 Å². The van der Waals surface area contributed by atoms with E-state index in [9.17, 15) is 4.39 Å². The fourth-order valence-corrected chi connectivity index (χ4v) is 2.04. The quantitative estimate of drug-likeness (QED) is 0.847. The van der Waals surface area contributed by atoms with Crippen molar-refractivity contribution in [2.45, 2.75) is 31.7 Å². The van der Waals surface area contributed by atoms with E-state index in [1.165, 1.54) is 25.3 Å². The van der Waals surface area contributed by atoms with Gasteiger partial charge in [-0.15, -0.1) is 0 Å².